The molecule has 0 aromatic carbocycles. The van der Waals surface area contributed by atoms with E-state index in [9.17, 15) is 0 Å². The van der Waals surface area contributed by atoms with Crippen molar-refractivity contribution in [3.63, 3.8) is 0 Å². The van der Waals surface area contributed by atoms with Gasteiger partial charge in [0.2, 0.25) is 0 Å². The Balaban J connectivity index is 2.38. The number of rotatable bonds is 0. The third kappa shape index (κ3) is 1.21. The number of allylic oxidation sites excluding steroid dienone is 2. The van der Waals surface area contributed by atoms with E-state index in [1.165, 1.54) is 0 Å². The second-order valence-corrected chi connectivity index (χ2v) is 5.14. The topological polar surface area (TPSA) is 9.23 Å². The van der Waals surface area contributed by atoms with E-state index in [1.54, 1.807) is 0 Å². The summed E-state index contributed by atoms with van der Waals surface area (Å²) in [6.07, 6.45) is 6.62. The summed E-state index contributed by atoms with van der Waals surface area (Å²) in [6, 6.07) is 0. The number of hydrogen-bond acceptors (Lipinski definition) is 1. The SMILES string of the molecule is C=C1C[C@H]2C(C)(C)C=CC[C@]2(C)O1. The first-order chi connectivity index (χ1) is 5.94. The van der Waals surface area contributed by atoms with Crippen LogP contribution in [0.1, 0.15) is 33.6 Å². The Kier molecular flexibility index (Phi) is 1.64. The van der Waals surface area contributed by atoms with Crippen LogP contribution in [0.3, 0.4) is 0 Å². The molecular weight excluding hydrogens is 160 g/mol. The molecule has 1 heteroatoms. The van der Waals surface area contributed by atoms with Gasteiger partial charge in [-0.25, -0.2) is 0 Å². The molecule has 1 fully saturated rings. The van der Waals surface area contributed by atoms with Gasteiger partial charge in [-0.2, -0.15) is 0 Å². The molecule has 1 saturated heterocycles. The Labute approximate surface area is 80.5 Å². The highest BCUT2D eigenvalue weighted by atomic mass is 16.5. The quantitative estimate of drug-likeness (QED) is 0.517. The monoisotopic (exact) mass is 178 g/mol. The van der Waals surface area contributed by atoms with Crippen LogP contribution in [0.2, 0.25) is 0 Å². The molecule has 0 saturated carbocycles. The fraction of sp³-hybridized carbons (Fsp3) is 0.667. The highest BCUT2D eigenvalue weighted by Crippen LogP contribution is 2.52. The lowest BCUT2D eigenvalue weighted by atomic mass is 9.65. The summed E-state index contributed by atoms with van der Waals surface area (Å²) in [5.41, 5.74) is 0.266. The van der Waals surface area contributed by atoms with Crippen LogP contribution in [0.5, 0.6) is 0 Å². The second-order valence-electron chi connectivity index (χ2n) is 5.14. The fourth-order valence-corrected chi connectivity index (χ4v) is 2.83. The second kappa shape index (κ2) is 2.40. The van der Waals surface area contributed by atoms with Gasteiger partial charge in [-0.05, 0) is 12.3 Å². The molecule has 0 aromatic heterocycles. The molecule has 13 heavy (non-hydrogen) atoms. The van der Waals surface area contributed by atoms with Crippen molar-refractivity contribution in [3.05, 3.63) is 24.5 Å². The van der Waals surface area contributed by atoms with Crippen LogP contribution in [-0.2, 0) is 4.74 Å². The van der Waals surface area contributed by atoms with Crippen molar-refractivity contribution in [2.75, 3.05) is 0 Å². The fourth-order valence-electron chi connectivity index (χ4n) is 2.83. The minimum atomic E-state index is 0.00926. The number of ether oxygens (including phenoxy) is 1. The minimum absolute atomic E-state index is 0.00926. The van der Waals surface area contributed by atoms with Crippen LogP contribution in [0.25, 0.3) is 0 Å². The lowest BCUT2D eigenvalue weighted by Gasteiger charge is -2.41. The van der Waals surface area contributed by atoms with E-state index in [0.717, 1.165) is 18.6 Å². The molecule has 0 radical (unpaired) electrons. The largest absolute Gasteiger partial charge is 0.492 e. The van der Waals surface area contributed by atoms with E-state index in [4.69, 9.17) is 4.74 Å². The van der Waals surface area contributed by atoms with Crippen molar-refractivity contribution in [2.24, 2.45) is 11.3 Å². The Hall–Kier alpha value is -0.720. The zero-order valence-corrected chi connectivity index (χ0v) is 8.76. The average Bonchev–Trinajstić information content (AvgIpc) is 2.25. The molecular formula is C12H18O. The molecule has 0 bridgehead atoms. The number of hydrogen-bond donors (Lipinski definition) is 0. The van der Waals surface area contributed by atoms with Gasteiger partial charge in [0.15, 0.2) is 0 Å². The van der Waals surface area contributed by atoms with Crippen LogP contribution < -0.4 is 0 Å². The standard InChI is InChI=1S/C12H18O/c1-9-8-10-11(2,3)6-5-7-12(10,4)13-9/h5-6,10H,1,7-8H2,2-4H3/t10-,12-/m0/s1. The first-order valence-electron chi connectivity index (χ1n) is 4.98. The molecule has 1 aliphatic carbocycles. The molecule has 0 spiro atoms. The first kappa shape index (κ1) is 8.86. The minimum Gasteiger partial charge on any atom is -0.492 e. The summed E-state index contributed by atoms with van der Waals surface area (Å²) in [7, 11) is 0. The maximum Gasteiger partial charge on any atom is 0.113 e. The van der Waals surface area contributed by atoms with Crippen molar-refractivity contribution in [1.82, 2.24) is 0 Å². The van der Waals surface area contributed by atoms with Crippen molar-refractivity contribution in [1.29, 1.82) is 0 Å². The summed E-state index contributed by atoms with van der Waals surface area (Å²) in [4.78, 5) is 0. The van der Waals surface area contributed by atoms with Gasteiger partial charge in [-0.15, -0.1) is 0 Å². The molecule has 1 nitrogen and oxygen atoms in total. The Morgan fingerprint density at radius 1 is 1.46 bits per heavy atom. The van der Waals surface area contributed by atoms with Gasteiger partial charge >= 0.3 is 0 Å². The predicted octanol–water partition coefficient (Wildman–Crippen LogP) is 3.28. The maximum atomic E-state index is 5.84. The summed E-state index contributed by atoms with van der Waals surface area (Å²) in [6.45, 7) is 10.7. The van der Waals surface area contributed by atoms with Gasteiger partial charge in [0.25, 0.3) is 0 Å². The van der Waals surface area contributed by atoms with Gasteiger partial charge in [-0.3, -0.25) is 0 Å². The van der Waals surface area contributed by atoms with Crippen molar-refractivity contribution >= 4 is 0 Å². The van der Waals surface area contributed by atoms with E-state index >= 15 is 0 Å². The molecule has 0 unspecified atom stereocenters. The lowest BCUT2D eigenvalue weighted by Crippen LogP contribution is -2.41. The molecule has 0 amide bonds. The van der Waals surface area contributed by atoms with E-state index in [1.807, 2.05) is 0 Å². The average molecular weight is 178 g/mol. The molecule has 2 aliphatic rings. The summed E-state index contributed by atoms with van der Waals surface area (Å²) in [5, 5.41) is 0. The zero-order chi connectivity index (χ0) is 9.69. The van der Waals surface area contributed by atoms with Gasteiger partial charge in [-0.1, -0.05) is 32.6 Å². The van der Waals surface area contributed by atoms with Gasteiger partial charge in [0.05, 0.1) is 5.76 Å². The van der Waals surface area contributed by atoms with Gasteiger partial charge in [0.1, 0.15) is 5.60 Å². The predicted molar refractivity (Wildman–Crippen MR) is 54.3 cm³/mol. The molecule has 0 N–H and O–H groups in total. The normalized spacial score (nSPS) is 41.5. The smallest absolute Gasteiger partial charge is 0.113 e. The Morgan fingerprint density at radius 2 is 2.15 bits per heavy atom. The maximum absolute atomic E-state index is 5.84. The van der Waals surface area contributed by atoms with Crippen molar-refractivity contribution in [2.45, 2.75) is 39.2 Å². The van der Waals surface area contributed by atoms with Crippen molar-refractivity contribution < 1.29 is 4.74 Å². The highest BCUT2D eigenvalue weighted by Gasteiger charge is 2.50. The van der Waals surface area contributed by atoms with Gasteiger partial charge < -0.3 is 4.74 Å². The zero-order valence-electron chi connectivity index (χ0n) is 8.76. The number of fused-ring (bicyclic) bond motifs is 1. The molecule has 0 aromatic rings. The molecule has 1 heterocycles. The lowest BCUT2D eigenvalue weighted by molar-refractivity contribution is -0.00987. The molecule has 2 rings (SSSR count). The first-order valence-corrected chi connectivity index (χ1v) is 4.98. The van der Waals surface area contributed by atoms with Crippen LogP contribution in [0.4, 0.5) is 0 Å². The van der Waals surface area contributed by atoms with Gasteiger partial charge in [0, 0.05) is 18.8 Å². The Morgan fingerprint density at radius 3 is 2.77 bits per heavy atom. The summed E-state index contributed by atoms with van der Waals surface area (Å²) >= 11 is 0. The van der Waals surface area contributed by atoms with E-state index in [-0.39, 0.29) is 11.0 Å². The van der Waals surface area contributed by atoms with E-state index in [0.29, 0.717) is 5.92 Å². The van der Waals surface area contributed by atoms with Crippen molar-refractivity contribution in [3.8, 4) is 0 Å². The molecule has 72 valence electrons. The Bertz CT molecular complexity index is 275. The molecule has 2 atom stereocenters. The van der Waals surface area contributed by atoms with E-state index < -0.39 is 0 Å². The summed E-state index contributed by atoms with van der Waals surface area (Å²) < 4.78 is 5.84. The summed E-state index contributed by atoms with van der Waals surface area (Å²) in [5.74, 6) is 1.56. The third-order valence-corrected chi connectivity index (χ3v) is 3.52. The van der Waals surface area contributed by atoms with Crippen LogP contribution in [-0.4, -0.2) is 5.60 Å². The van der Waals surface area contributed by atoms with Crippen LogP contribution >= 0.6 is 0 Å². The molecule has 1 aliphatic heterocycles. The van der Waals surface area contributed by atoms with Crippen LogP contribution in [0, 0.1) is 11.3 Å². The highest BCUT2D eigenvalue weighted by molar-refractivity contribution is 5.18. The van der Waals surface area contributed by atoms with E-state index in [2.05, 4.69) is 39.5 Å². The third-order valence-electron chi connectivity index (χ3n) is 3.52. The van der Waals surface area contributed by atoms with Crippen LogP contribution in [0.15, 0.2) is 24.5 Å².